The molecule has 5 nitrogen and oxygen atoms in total. The number of halogens is 1. The number of thioether (sulfide) groups is 1. The number of nitrogens with one attached hydrogen (secondary N) is 1. The van der Waals surface area contributed by atoms with Crippen LogP contribution in [0.1, 0.15) is 32.1 Å². The van der Waals surface area contributed by atoms with Gasteiger partial charge < -0.3 is 10.2 Å². The van der Waals surface area contributed by atoms with Gasteiger partial charge >= 0.3 is 0 Å². The Balaban J connectivity index is 1.71. The zero-order valence-corrected chi connectivity index (χ0v) is 13.1. The van der Waals surface area contributed by atoms with Crippen molar-refractivity contribution in [2.24, 2.45) is 0 Å². The van der Waals surface area contributed by atoms with Gasteiger partial charge in [0.1, 0.15) is 0 Å². The number of nitrogens with zero attached hydrogens (tertiary/aromatic N) is 4. The third-order valence-corrected chi connectivity index (χ3v) is 5.01. The Bertz CT molecular complexity index is 446. The van der Waals surface area contributed by atoms with Crippen LogP contribution in [0.5, 0.6) is 0 Å². The molecule has 0 radical (unpaired) electrons. The molecule has 0 aliphatic carbocycles. The fourth-order valence-corrected chi connectivity index (χ4v) is 3.93. The summed E-state index contributed by atoms with van der Waals surface area (Å²) in [6.45, 7) is 2.03. The molecule has 0 saturated carbocycles. The van der Waals surface area contributed by atoms with E-state index in [1.807, 2.05) is 11.8 Å². The van der Waals surface area contributed by atoms with Crippen molar-refractivity contribution in [2.45, 2.75) is 38.1 Å². The Labute approximate surface area is 128 Å². The predicted octanol–water partition coefficient (Wildman–Crippen LogP) is 2.82. The van der Waals surface area contributed by atoms with Crippen molar-refractivity contribution in [3.63, 3.8) is 0 Å². The first-order valence-electron chi connectivity index (χ1n) is 7.32. The van der Waals surface area contributed by atoms with Gasteiger partial charge in [-0.1, -0.05) is 0 Å². The highest BCUT2D eigenvalue weighted by Gasteiger charge is 2.18. The lowest BCUT2D eigenvalue weighted by Gasteiger charge is -2.27. The van der Waals surface area contributed by atoms with Gasteiger partial charge in [0.05, 0.1) is 0 Å². The number of aromatic nitrogens is 3. The Morgan fingerprint density at radius 1 is 1.05 bits per heavy atom. The van der Waals surface area contributed by atoms with Crippen LogP contribution in [-0.4, -0.2) is 45.6 Å². The van der Waals surface area contributed by atoms with Gasteiger partial charge in [0.25, 0.3) is 0 Å². The Hall–Kier alpha value is -0.750. The van der Waals surface area contributed by atoms with Gasteiger partial charge in [-0.05, 0) is 55.2 Å². The monoisotopic (exact) mass is 313 g/mol. The van der Waals surface area contributed by atoms with Gasteiger partial charge in [-0.25, -0.2) is 0 Å². The maximum absolute atomic E-state index is 6.05. The van der Waals surface area contributed by atoms with Gasteiger partial charge in [0.15, 0.2) is 0 Å². The number of rotatable bonds is 3. The largest absolute Gasteiger partial charge is 0.351 e. The van der Waals surface area contributed by atoms with E-state index in [9.17, 15) is 0 Å². The third-order valence-electron chi connectivity index (χ3n) is 3.79. The minimum atomic E-state index is 0.285. The summed E-state index contributed by atoms with van der Waals surface area (Å²) in [5.41, 5.74) is 0. The van der Waals surface area contributed by atoms with Crippen LogP contribution < -0.4 is 10.2 Å². The molecule has 1 aromatic heterocycles. The van der Waals surface area contributed by atoms with Gasteiger partial charge in [-0.3, -0.25) is 0 Å². The quantitative estimate of drug-likeness (QED) is 0.926. The minimum Gasteiger partial charge on any atom is -0.351 e. The average molecular weight is 314 g/mol. The van der Waals surface area contributed by atoms with Crippen LogP contribution in [0.15, 0.2) is 0 Å². The SMILES string of the molecule is Clc1nc(NC2CCSCC2)nc(N2CCCCC2)n1. The van der Waals surface area contributed by atoms with Crippen LogP contribution in [0.25, 0.3) is 0 Å². The van der Waals surface area contributed by atoms with Crippen LogP contribution in [0, 0.1) is 0 Å². The zero-order chi connectivity index (χ0) is 13.8. The minimum absolute atomic E-state index is 0.285. The summed E-state index contributed by atoms with van der Waals surface area (Å²) in [6, 6.07) is 0.462. The fraction of sp³-hybridized carbons (Fsp3) is 0.769. The highest BCUT2D eigenvalue weighted by atomic mass is 35.5. The molecule has 2 aliphatic heterocycles. The van der Waals surface area contributed by atoms with E-state index in [-0.39, 0.29) is 5.28 Å². The van der Waals surface area contributed by atoms with Crippen molar-refractivity contribution in [1.82, 2.24) is 15.0 Å². The molecule has 0 amide bonds. The lowest BCUT2D eigenvalue weighted by atomic mass is 10.1. The molecule has 1 aromatic rings. The molecule has 2 aliphatic rings. The van der Waals surface area contributed by atoms with Crippen molar-refractivity contribution in [1.29, 1.82) is 0 Å². The van der Waals surface area contributed by atoms with E-state index in [0.717, 1.165) is 31.9 Å². The summed E-state index contributed by atoms with van der Waals surface area (Å²) in [7, 11) is 0. The van der Waals surface area contributed by atoms with Crippen LogP contribution in [-0.2, 0) is 0 Å². The highest BCUT2D eigenvalue weighted by Crippen LogP contribution is 2.22. The first-order valence-corrected chi connectivity index (χ1v) is 8.85. The van der Waals surface area contributed by atoms with E-state index in [4.69, 9.17) is 11.6 Å². The van der Waals surface area contributed by atoms with Crippen molar-refractivity contribution in [3.8, 4) is 0 Å². The smallest absolute Gasteiger partial charge is 0.231 e. The molecule has 20 heavy (non-hydrogen) atoms. The van der Waals surface area contributed by atoms with Crippen LogP contribution in [0.2, 0.25) is 5.28 Å². The number of piperidine rings is 1. The number of hydrogen-bond acceptors (Lipinski definition) is 6. The lowest BCUT2D eigenvalue weighted by Crippen LogP contribution is -2.32. The van der Waals surface area contributed by atoms with E-state index in [1.54, 1.807) is 0 Å². The molecule has 3 rings (SSSR count). The molecule has 0 aromatic carbocycles. The first-order chi connectivity index (χ1) is 9.81. The standard InChI is InChI=1S/C13H20ClN5S/c14-11-16-12(15-10-4-8-20-9-5-10)18-13(17-11)19-6-2-1-3-7-19/h10H,1-9H2,(H,15,16,17,18). The maximum atomic E-state index is 6.05. The Kier molecular flexibility index (Phi) is 4.83. The molecule has 0 atom stereocenters. The number of anilines is 2. The topological polar surface area (TPSA) is 53.9 Å². The molecule has 3 heterocycles. The molecule has 7 heteroatoms. The van der Waals surface area contributed by atoms with E-state index < -0.39 is 0 Å². The van der Waals surface area contributed by atoms with E-state index in [0.29, 0.717) is 12.0 Å². The lowest BCUT2D eigenvalue weighted by molar-refractivity contribution is 0.567. The van der Waals surface area contributed by atoms with Crippen molar-refractivity contribution >= 4 is 35.3 Å². The van der Waals surface area contributed by atoms with Gasteiger partial charge in [-0.15, -0.1) is 0 Å². The normalized spacial score (nSPS) is 20.9. The molecule has 110 valence electrons. The summed E-state index contributed by atoms with van der Waals surface area (Å²) in [4.78, 5) is 15.3. The summed E-state index contributed by atoms with van der Waals surface area (Å²) < 4.78 is 0. The summed E-state index contributed by atoms with van der Waals surface area (Å²) >= 11 is 8.06. The zero-order valence-electron chi connectivity index (χ0n) is 11.5. The average Bonchev–Trinajstić information content (AvgIpc) is 2.49. The molecule has 0 bridgehead atoms. The fourth-order valence-electron chi connectivity index (χ4n) is 2.66. The Morgan fingerprint density at radius 3 is 2.55 bits per heavy atom. The van der Waals surface area contributed by atoms with Gasteiger partial charge in [0, 0.05) is 19.1 Å². The van der Waals surface area contributed by atoms with Crippen molar-refractivity contribution in [2.75, 3.05) is 34.8 Å². The van der Waals surface area contributed by atoms with Crippen LogP contribution in [0.3, 0.4) is 0 Å². The molecule has 0 unspecified atom stereocenters. The van der Waals surface area contributed by atoms with Crippen molar-refractivity contribution in [3.05, 3.63) is 5.28 Å². The van der Waals surface area contributed by atoms with Crippen molar-refractivity contribution < 1.29 is 0 Å². The molecule has 0 spiro atoms. The third kappa shape index (κ3) is 3.67. The van der Waals surface area contributed by atoms with Gasteiger partial charge in [0.2, 0.25) is 17.2 Å². The van der Waals surface area contributed by atoms with Crippen LogP contribution >= 0.6 is 23.4 Å². The van der Waals surface area contributed by atoms with Crippen LogP contribution in [0.4, 0.5) is 11.9 Å². The molecule has 1 N–H and O–H groups in total. The molecular weight excluding hydrogens is 294 g/mol. The second kappa shape index (κ2) is 6.80. The second-order valence-electron chi connectivity index (χ2n) is 5.31. The molecular formula is C13H20ClN5S. The second-order valence-corrected chi connectivity index (χ2v) is 6.87. The predicted molar refractivity (Wildman–Crippen MR) is 84.9 cm³/mol. The van der Waals surface area contributed by atoms with Gasteiger partial charge in [-0.2, -0.15) is 26.7 Å². The molecule has 2 fully saturated rings. The van der Waals surface area contributed by atoms with E-state index in [1.165, 1.54) is 30.8 Å². The summed E-state index contributed by atoms with van der Waals surface area (Å²) in [5.74, 6) is 3.75. The molecule has 2 saturated heterocycles. The van der Waals surface area contributed by atoms with E-state index in [2.05, 4.69) is 25.2 Å². The first kappa shape index (κ1) is 14.2. The maximum Gasteiger partial charge on any atom is 0.231 e. The highest BCUT2D eigenvalue weighted by molar-refractivity contribution is 7.99. The number of hydrogen-bond donors (Lipinski definition) is 1. The summed E-state index contributed by atoms with van der Waals surface area (Å²) in [6.07, 6.45) is 6.01. The van der Waals surface area contributed by atoms with E-state index >= 15 is 0 Å². The summed E-state index contributed by atoms with van der Waals surface area (Å²) in [5, 5.41) is 3.70. The Morgan fingerprint density at radius 2 is 1.80 bits per heavy atom.